The molecular weight excluding hydrogens is 327 g/mol. The molecule has 1 aliphatic heterocycles. The van der Waals surface area contributed by atoms with E-state index >= 15 is 0 Å². The first kappa shape index (κ1) is 14.3. The van der Waals surface area contributed by atoms with Gasteiger partial charge in [0, 0.05) is 10.0 Å². The van der Waals surface area contributed by atoms with E-state index in [2.05, 4.69) is 26.0 Å². The molecule has 104 valence electrons. The summed E-state index contributed by atoms with van der Waals surface area (Å²) in [5.74, 6) is -4.95. The van der Waals surface area contributed by atoms with Crippen molar-refractivity contribution in [3.63, 3.8) is 0 Å². The van der Waals surface area contributed by atoms with Crippen molar-refractivity contribution in [2.75, 3.05) is 13.2 Å². The molecule has 0 aromatic heterocycles. The van der Waals surface area contributed by atoms with Gasteiger partial charge in [-0.15, -0.1) is 0 Å². The SMILES string of the molecule is CC1(c2cc(Br)ccc2F)NC(=O)COCC1(F)F. The highest BCUT2D eigenvalue weighted by Crippen LogP contribution is 2.40. The third-order valence-corrected chi connectivity index (χ3v) is 3.60. The molecule has 19 heavy (non-hydrogen) atoms. The Morgan fingerprint density at radius 3 is 2.79 bits per heavy atom. The van der Waals surface area contributed by atoms with Gasteiger partial charge in [-0.3, -0.25) is 4.79 Å². The summed E-state index contributed by atoms with van der Waals surface area (Å²) in [5.41, 5.74) is -2.44. The third-order valence-electron chi connectivity index (χ3n) is 3.10. The first-order chi connectivity index (χ1) is 8.76. The fraction of sp³-hybridized carbons (Fsp3) is 0.417. The molecule has 1 N–H and O–H groups in total. The lowest BCUT2D eigenvalue weighted by atomic mass is 9.85. The average molecular weight is 338 g/mol. The highest BCUT2D eigenvalue weighted by Gasteiger charge is 2.55. The van der Waals surface area contributed by atoms with Crippen LogP contribution in [0.4, 0.5) is 13.2 Å². The van der Waals surface area contributed by atoms with Crippen LogP contribution in [0.25, 0.3) is 0 Å². The molecule has 0 saturated carbocycles. The molecule has 1 aliphatic rings. The quantitative estimate of drug-likeness (QED) is 0.855. The first-order valence-corrected chi connectivity index (χ1v) is 6.28. The predicted molar refractivity (Wildman–Crippen MR) is 65.4 cm³/mol. The summed E-state index contributed by atoms with van der Waals surface area (Å²) in [4.78, 5) is 11.5. The molecule has 7 heteroatoms. The lowest BCUT2D eigenvalue weighted by Crippen LogP contribution is -2.56. The molecule has 0 radical (unpaired) electrons. The maximum Gasteiger partial charge on any atom is 0.297 e. The van der Waals surface area contributed by atoms with Crippen molar-refractivity contribution in [3.8, 4) is 0 Å². The predicted octanol–water partition coefficient (Wildman–Crippen LogP) is 2.59. The van der Waals surface area contributed by atoms with E-state index in [-0.39, 0.29) is 5.56 Å². The zero-order valence-corrected chi connectivity index (χ0v) is 11.6. The number of carbonyl (C=O) groups is 1. The second-order valence-electron chi connectivity index (χ2n) is 4.49. The lowest BCUT2D eigenvalue weighted by molar-refractivity contribution is -0.127. The van der Waals surface area contributed by atoms with Gasteiger partial charge in [0.2, 0.25) is 5.91 Å². The number of amides is 1. The van der Waals surface area contributed by atoms with Crippen LogP contribution in [-0.2, 0) is 15.1 Å². The van der Waals surface area contributed by atoms with E-state index in [1.54, 1.807) is 0 Å². The fourth-order valence-corrected chi connectivity index (χ4v) is 2.33. The summed E-state index contributed by atoms with van der Waals surface area (Å²) in [6, 6.07) is 3.70. The van der Waals surface area contributed by atoms with Crippen LogP contribution in [0, 0.1) is 5.82 Å². The van der Waals surface area contributed by atoms with Crippen molar-refractivity contribution in [3.05, 3.63) is 34.1 Å². The number of benzene rings is 1. The monoisotopic (exact) mass is 337 g/mol. The van der Waals surface area contributed by atoms with E-state index in [0.717, 1.165) is 13.0 Å². The Balaban J connectivity index is 2.59. The maximum absolute atomic E-state index is 14.2. The lowest BCUT2D eigenvalue weighted by Gasteiger charge is -2.36. The third kappa shape index (κ3) is 2.49. The number of halogens is 4. The minimum atomic E-state index is -3.43. The van der Waals surface area contributed by atoms with E-state index < -0.39 is 36.4 Å². The molecule has 1 fully saturated rings. The Morgan fingerprint density at radius 2 is 2.11 bits per heavy atom. The second kappa shape index (κ2) is 4.79. The Morgan fingerprint density at radius 1 is 1.42 bits per heavy atom. The Hall–Kier alpha value is -1.08. The van der Waals surface area contributed by atoms with Crippen LogP contribution in [0.2, 0.25) is 0 Å². The Kier molecular flexibility index (Phi) is 3.61. The van der Waals surface area contributed by atoms with E-state index in [1.165, 1.54) is 12.1 Å². The van der Waals surface area contributed by atoms with Gasteiger partial charge in [0.15, 0.2) is 0 Å². The molecule has 1 atom stereocenters. The zero-order valence-electron chi connectivity index (χ0n) is 9.97. The van der Waals surface area contributed by atoms with E-state index in [9.17, 15) is 18.0 Å². The standard InChI is InChI=1S/C12H11BrF3NO2/c1-11(8-4-7(13)2-3-9(8)14)12(15,16)6-19-5-10(18)17-11/h2-4H,5-6H2,1H3,(H,17,18). The summed E-state index contributed by atoms with van der Waals surface area (Å²) in [7, 11) is 0. The van der Waals surface area contributed by atoms with Gasteiger partial charge in [-0.2, -0.15) is 0 Å². The van der Waals surface area contributed by atoms with Gasteiger partial charge in [0.05, 0.1) is 0 Å². The summed E-state index contributed by atoms with van der Waals surface area (Å²) in [5, 5.41) is 2.16. The molecule has 2 rings (SSSR count). The van der Waals surface area contributed by atoms with Crippen LogP contribution in [0.1, 0.15) is 12.5 Å². The van der Waals surface area contributed by atoms with E-state index in [1.807, 2.05) is 0 Å². The smallest absolute Gasteiger partial charge is 0.297 e. The minimum absolute atomic E-state index is 0.286. The van der Waals surface area contributed by atoms with Crippen LogP contribution >= 0.6 is 15.9 Å². The van der Waals surface area contributed by atoms with Gasteiger partial charge in [0.1, 0.15) is 24.6 Å². The van der Waals surface area contributed by atoms with Crippen LogP contribution in [0.15, 0.2) is 22.7 Å². The second-order valence-corrected chi connectivity index (χ2v) is 5.41. The van der Waals surface area contributed by atoms with Crippen molar-refractivity contribution in [2.24, 2.45) is 0 Å². The van der Waals surface area contributed by atoms with Crippen LogP contribution in [-0.4, -0.2) is 25.0 Å². The van der Waals surface area contributed by atoms with Crippen LogP contribution in [0.3, 0.4) is 0 Å². The molecule has 1 aromatic carbocycles. The molecule has 0 aliphatic carbocycles. The highest BCUT2D eigenvalue weighted by atomic mass is 79.9. The molecule has 1 unspecified atom stereocenters. The fourth-order valence-electron chi connectivity index (χ4n) is 1.97. The van der Waals surface area contributed by atoms with Gasteiger partial charge in [0.25, 0.3) is 5.92 Å². The van der Waals surface area contributed by atoms with Crippen molar-refractivity contribution >= 4 is 21.8 Å². The first-order valence-electron chi connectivity index (χ1n) is 5.48. The molecule has 0 bridgehead atoms. The van der Waals surface area contributed by atoms with Gasteiger partial charge in [-0.25, -0.2) is 13.2 Å². The van der Waals surface area contributed by atoms with E-state index in [0.29, 0.717) is 4.47 Å². The minimum Gasteiger partial charge on any atom is -0.365 e. The zero-order chi connectivity index (χ0) is 14.3. The maximum atomic E-state index is 14.2. The number of alkyl halides is 2. The van der Waals surface area contributed by atoms with Gasteiger partial charge < -0.3 is 10.1 Å². The summed E-state index contributed by atoms with van der Waals surface area (Å²) < 4.78 is 47.2. The molecule has 0 spiro atoms. The highest BCUT2D eigenvalue weighted by molar-refractivity contribution is 9.10. The van der Waals surface area contributed by atoms with Crippen molar-refractivity contribution in [1.29, 1.82) is 0 Å². The number of nitrogens with one attached hydrogen (secondary N) is 1. The Labute approximate surface area is 116 Å². The largest absolute Gasteiger partial charge is 0.365 e. The number of rotatable bonds is 1. The summed E-state index contributed by atoms with van der Waals surface area (Å²) in [6.45, 7) is -0.334. The molecule has 3 nitrogen and oxygen atoms in total. The summed E-state index contributed by atoms with van der Waals surface area (Å²) in [6.07, 6.45) is 0. The Bertz CT molecular complexity index is 524. The normalized spacial score (nSPS) is 26.7. The van der Waals surface area contributed by atoms with Crippen LogP contribution < -0.4 is 5.32 Å². The number of ether oxygens (including phenoxy) is 1. The van der Waals surface area contributed by atoms with Gasteiger partial charge in [-0.05, 0) is 25.1 Å². The van der Waals surface area contributed by atoms with Crippen molar-refractivity contribution < 1.29 is 22.7 Å². The molecule has 1 amide bonds. The number of hydrogen-bond donors (Lipinski definition) is 1. The van der Waals surface area contributed by atoms with Crippen LogP contribution in [0.5, 0.6) is 0 Å². The number of carbonyl (C=O) groups excluding carboxylic acids is 1. The van der Waals surface area contributed by atoms with Crippen molar-refractivity contribution in [2.45, 2.75) is 18.4 Å². The number of hydrogen-bond acceptors (Lipinski definition) is 2. The average Bonchev–Trinajstić information content (AvgIpc) is 2.40. The van der Waals surface area contributed by atoms with Crippen molar-refractivity contribution in [1.82, 2.24) is 5.32 Å². The van der Waals surface area contributed by atoms with Gasteiger partial charge >= 0.3 is 0 Å². The van der Waals surface area contributed by atoms with E-state index in [4.69, 9.17) is 0 Å². The van der Waals surface area contributed by atoms with Gasteiger partial charge in [-0.1, -0.05) is 15.9 Å². The summed E-state index contributed by atoms with van der Waals surface area (Å²) >= 11 is 3.10. The molecule has 1 aromatic rings. The molecule has 1 saturated heterocycles. The topological polar surface area (TPSA) is 38.3 Å². The molecule has 1 heterocycles. The molecular formula is C12H11BrF3NO2.